The van der Waals surface area contributed by atoms with E-state index in [4.69, 9.17) is 9.47 Å². The molecule has 1 aliphatic rings. The Morgan fingerprint density at radius 1 is 0.872 bits per heavy atom. The molecule has 0 aliphatic carbocycles. The van der Waals surface area contributed by atoms with Crippen LogP contribution in [0.1, 0.15) is 28.3 Å². The highest BCUT2D eigenvalue weighted by molar-refractivity contribution is 6.46. The van der Waals surface area contributed by atoms with E-state index in [1.165, 1.54) is 4.90 Å². The highest BCUT2D eigenvalue weighted by Crippen LogP contribution is 2.40. The molecular weight excluding hydrogens is 492 g/mol. The van der Waals surface area contributed by atoms with Crippen molar-refractivity contribution in [2.24, 2.45) is 0 Å². The van der Waals surface area contributed by atoms with Crippen molar-refractivity contribution in [3.8, 4) is 11.5 Å². The van der Waals surface area contributed by atoms with Crippen LogP contribution in [0.5, 0.6) is 11.5 Å². The minimum absolute atomic E-state index is 0.0513. The van der Waals surface area contributed by atoms with Crippen molar-refractivity contribution in [3.05, 3.63) is 131 Å². The SMILES string of the molecule is Cc1ccccc1OCCOc1ccc([C@H]2C(=C(O)c3ccccc3)C(=O)C(=O)N2Cc2cccnc2)cc1. The van der Waals surface area contributed by atoms with E-state index in [2.05, 4.69) is 4.98 Å². The molecule has 0 bridgehead atoms. The van der Waals surface area contributed by atoms with E-state index in [1.807, 2.05) is 55.5 Å². The van der Waals surface area contributed by atoms with Gasteiger partial charge >= 0.3 is 0 Å². The lowest BCUT2D eigenvalue weighted by atomic mass is 9.95. The van der Waals surface area contributed by atoms with Crippen LogP contribution in [0, 0.1) is 6.92 Å². The maximum absolute atomic E-state index is 13.2. The molecule has 39 heavy (non-hydrogen) atoms. The monoisotopic (exact) mass is 520 g/mol. The molecule has 1 aromatic heterocycles. The third-order valence-electron chi connectivity index (χ3n) is 6.56. The average molecular weight is 521 g/mol. The first-order valence-corrected chi connectivity index (χ1v) is 12.7. The largest absolute Gasteiger partial charge is 0.507 e. The van der Waals surface area contributed by atoms with Crippen molar-refractivity contribution < 1.29 is 24.2 Å². The van der Waals surface area contributed by atoms with Crippen LogP contribution in [0.2, 0.25) is 0 Å². The molecule has 0 unspecified atom stereocenters. The van der Waals surface area contributed by atoms with Crippen LogP contribution in [-0.2, 0) is 16.1 Å². The van der Waals surface area contributed by atoms with Gasteiger partial charge in [-0.1, -0.05) is 66.7 Å². The number of aliphatic hydroxyl groups is 1. The van der Waals surface area contributed by atoms with E-state index < -0.39 is 17.7 Å². The number of likely N-dealkylation sites (tertiary alicyclic amines) is 1. The highest BCUT2D eigenvalue weighted by Gasteiger charge is 2.46. The lowest BCUT2D eigenvalue weighted by Crippen LogP contribution is -2.29. The topological polar surface area (TPSA) is 89.0 Å². The number of aromatic nitrogens is 1. The van der Waals surface area contributed by atoms with Gasteiger partial charge in [0.05, 0.1) is 11.6 Å². The van der Waals surface area contributed by atoms with Crippen molar-refractivity contribution in [2.75, 3.05) is 13.2 Å². The molecule has 0 spiro atoms. The molecule has 1 fully saturated rings. The minimum atomic E-state index is -0.774. The van der Waals surface area contributed by atoms with Gasteiger partial charge in [0.2, 0.25) is 0 Å². The summed E-state index contributed by atoms with van der Waals surface area (Å²) in [6.07, 6.45) is 3.30. The number of Topliss-reactive ketones (excluding diaryl/α,β-unsaturated/α-hetero) is 1. The van der Waals surface area contributed by atoms with Gasteiger partial charge in [0.15, 0.2) is 0 Å². The summed E-state index contributed by atoms with van der Waals surface area (Å²) < 4.78 is 11.6. The number of aliphatic hydroxyl groups excluding tert-OH is 1. The summed E-state index contributed by atoms with van der Waals surface area (Å²) in [7, 11) is 0. The van der Waals surface area contributed by atoms with E-state index >= 15 is 0 Å². The Balaban J connectivity index is 1.39. The molecule has 4 aromatic rings. The third-order valence-corrected chi connectivity index (χ3v) is 6.56. The Labute approximate surface area is 227 Å². The quantitative estimate of drug-likeness (QED) is 0.136. The summed E-state index contributed by atoms with van der Waals surface area (Å²) >= 11 is 0. The Bertz CT molecular complexity index is 1480. The molecule has 1 N–H and O–H groups in total. The van der Waals surface area contributed by atoms with Gasteiger partial charge in [0.25, 0.3) is 11.7 Å². The number of benzene rings is 3. The van der Waals surface area contributed by atoms with Crippen molar-refractivity contribution >= 4 is 17.4 Å². The zero-order valence-corrected chi connectivity index (χ0v) is 21.5. The lowest BCUT2D eigenvalue weighted by Gasteiger charge is -2.25. The predicted octanol–water partition coefficient (Wildman–Crippen LogP) is 5.47. The number of hydrogen-bond donors (Lipinski definition) is 1. The van der Waals surface area contributed by atoms with Gasteiger partial charge in [-0.3, -0.25) is 14.6 Å². The van der Waals surface area contributed by atoms with E-state index in [1.54, 1.807) is 54.9 Å². The molecule has 1 amide bonds. The summed E-state index contributed by atoms with van der Waals surface area (Å²) in [6, 6.07) is 26.6. The molecule has 5 rings (SSSR count). The number of amides is 1. The van der Waals surface area contributed by atoms with Crippen molar-refractivity contribution in [1.82, 2.24) is 9.88 Å². The Morgan fingerprint density at radius 3 is 2.31 bits per heavy atom. The first-order chi connectivity index (χ1) is 19.0. The lowest BCUT2D eigenvalue weighted by molar-refractivity contribution is -0.140. The van der Waals surface area contributed by atoms with E-state index in [0.717, 1.165) is 16.9 Å². The number of ketones is 1. The van der Waals surface area contributed by atoms with Crippen molar-refractivity contribution in [3.63, 3.8) is 0 Å². The number of nitrogens with zero attached hydrogens (tertiary/aromatic N) is 2. The number of aryl methyl sites for hydroxylation is 1. The fraction of sp³-hybridized carbons (Fsp3) is 0.156. The molecule has 1 aliphatic heterocycles. The fourth-order valence-electron chi connectivity index (χ4n) is 4.61. The molecular formula is C32H28N2O5. The molecule has 1 atom stereocenters. The fourth-order valence-corrected chi connectivity index (χ4v) is 4.61. The summed E-state index contributed by atoms with van der Waals surface area (Å²) in [5.74, 6) is -0.159. The number of carbonyl (C=O) groups is 2. The van der Waals surface area contributed by atoms with E-state index in [9.17, 15) is 14.7 Å². The van der Waals surface area contributed by atoms with Gasteiger partial charge in [-0.15, -0.1) is 0 Å². The summed E-state index contributed by atoms with van der Waals surface area (Å²) in [4.78, 5) is 32.0. The maximum atomic E-state index is 13.2. The number of rotatable bonds is 9. The van der Waals surface area contributed by atoms with Gasteiger partial charge < -0.3 is 19.5 Å². The zero-order valence-electron chi connectivity index (χ0n) is 21.5. The van der Waals surface area contributed by atoms with Crippen LogP contribution < -0.4 is 9.47 Å². The molecule has 1 saturated heterocycles. The second kappa shape index (κ2) is 11.6. The minimum Gasteiger partial charge on any atom is -0.507 e. The average Bonchev–Trinajstić information content (AvgIpc) is 3.22. The van der Waals surface area contributed by atoms with Gasteiger partial charge in [-0.25, -0.2) is 0 Å². The maximum Gasteiger partial charge on any atom is 0.295 e. The van der Waals surface area contributed by atoms with Gasteiger partial charge in [0.1, 0.15) is 30.5 Å². The third kappa shape index (κ3) is 5.67. The van der Waals surface area contributed by atoms with E-state index in [-0.39, 0.29) is 17.9 Å². The molecule has 7 heteroatoms. The van der Waals surface area contributed by atoms with Crippen LogP contribution in [0.25, 0.3) is 5.76 Å². The van der Waals surface area contributed by atoms with Gasteiger partial charge in [0, 0.05) is 24.5 Å². The molecule has 196 valence electrons. The van der Waals surface area contributed by atoms with Crippen LogP contribution in [0.3, 0.4) is 0 Å². The summed E-state index contributed by atoms with van der Waals surface area (Å²) in [5.41, 5.74) is 3.03. The number of para-hydroxylation sites is 1. The number of ether oxygens (including phenoxy) is 2. The number of hydrogen-bond acceptors (Lipinski definition) is 6. The Hall–Kier alpha value is -4.91. The predicted molar refractivity (Wildman–Crippen MR) is 147 cm³/mol. The Kier molecular flexibility index (Phi) is 7.68. The second-order valence-corrected chi connectivity index (χ2v) is 9.19. The number of carbonyl (C=O) groups excluding carboxylic acids is 2. The molecule has 2 heterocycles. The molecule has 0 saturated carbocycles. The van der Waals surface area contributed by atoms with Crippen molar-refractivity contribution in [1.29, 1.82) is 0 Å². The smallest absolute Gasteiger partial charge is 0.295 e. The van der Waals surface area contributed by atoms with Crippen LogP contribution in [-0.4, -0.2) is 39.9 Å². The molecule has 0 radical (unpaired) electrons. The second-order valence-electron chi connectivity index (χ2n) is 9.19. The number of pyridine rings is 1. The summed E-state index contributed by atoms with van der Waals surface area (Å²) in [5, 5.41) is 11.2. The van der Waals surface area contributed by atoms with Crippen LogP contribution in [0.15, 0.2) is 109 Å². The van der Waals surface area contributed by atoms with Crippen LogP contribution >= 0.6 is 0 Å². The first kappa shape index (κ1) is 25.7. The Morgan fingerprint density at radius 2 is 1.59 bits per heavy atom. The first-order valence-electron chi connectivity index (χ1n) is 12.7. The van der Waals surface area contributed by atoms with Gasteiger partial charge in [-0.05, 0) is 47.9 Å². The zero-order chi connectivity index (χ0) is 27.2. The highest BCUT2D eigenvalue weighted by atomic mass is 16.5. The summed E-state index contributed by atoms with van der Waals surface area (Å²) in [6.45, 7) is 2.89. The van der Waals surface area contributed by atoms with Crippen molar-refractivity contribution in [2.45, 2.75) is 19.5 Å². The van der Waals surface area contributed by atoms with Crippen LogP contribution in [0.4, 0.5) is 0 Å². The molecule has 3 aromatic carbocycles. The molecule has 7 nitrogen and oxygen atoms in total. The standard InChI is InChI=1S/C32H28N2O5/c1-22-8-5-6-12-27(22)39-19-18-38-26-15-13-24(14-16-26)29-28(30(35)25-10-3-2-4-11-25)31(36)32(37)34(29)21-23-9-7-17-33-20-23/h2-17,20,29,35H,18-19,21H2,1H3/t29-/m0/s1. The van der Waals surface area contributed by atoms with Gasteiger partial charge in [-0.2, -0.15) is 0 Å². The van der Waals surface area contributed by atoms with E-state index in [0.29, 0.717) is 30.1 Å². The normalized spacial score (nSPS) is 16.3.